The molecule has 4 heteroatoms. The van der Waals surface area contributed by atoms with Gasteiger partial charge in [0.15, 0.2) is 5.78 Å². The lowest BCUT2D eigenvalue weighted by atomic mass is 9.98. The Kier molecular flexibility index (Phi) is 2.37. The molecule has 14 heavy (non-hydrogen) atoms. The lowest BCUT2D eigenvalue weighted by Gasteiger charge is -2.04. The third kappa shape index (κ3) is 1.57. The van der Waals surface area contributed by atoms with Crippen molar-refractivity contribution in [2.24, 2.45) is 13.0 Å². The molecule has 1 aliphatic rings. The first kappa shape index (κ1) is 9.40. The zero-order chi connectivity index (χ0) is 10.1. The van der Waals surface area contributed by atoms with Crippen LogP contribution in [-0.2, 0) is 7.05 Å². The number of carbonyl (C=O) groups excluding carboxylic acids is 1. The van der Waals surface area contributed by atoms with Crippen molar-refractivity contribution in [3.63, 3.8) is 0 Å². The van der Waals surface area contributed by atoms with E-state index in [0.29, 0.717) is 0 Å². The Labute approximate surface area is 83.3 Å². The molecule has 0 radical (unpaired) electrons. The van der Waals surface area contributed by atoms with Gasteiger partial charge in [-0.25, -0.2) is 0 Å². The van der Waals surface area contributed by atoms with Gasteiger partial charge in [-0.15, -0.1) is 0 Å². The van der Waals surface area contributed by atoms with Gasteiger partial charge in [-0.2, -0.15) is 5.10 Å². The van der Waals surface area contributed by atoms with Crippen LogP contribution in [0.15, 0.2) is 6.20 Å². The van der Waals surface area contributed by atoms with Gasteiger partial charge in [0.05, 0.1) is 11.3 Å². The van der Waals surface area contributed by atoms with E-state index in [1.165, 1.54) is 0 Å². The van der Waals surface area contributed by atoms with E-state index in [2.05, 4.69) is 10.4 Å². The van der Waals surface area contributed by atoms with Crippen molar-refractivity contribution in [1.82, 2.24) is 15.1 Å². The van der Waals surface area contributed by atoms with Gasteiger partial charge in [0, 0.05) is 25.7 Å². The van der Waals surface area contributed by atoms with Crippen LogP contribution in [0.25, 0.3) is 0 Å². The topological polar surface area (TPSA) is 46.9 Å². The van der Waals surface area contributed by atoms with E-state index in [4.69, 9.17) is 0 Å². The normalized spacial score (nSPS) is 21.4. The van der Waals surface area contributed by atoms with E-state index in [9.17, 15) is 4.79 Å². The summed E-state index contributed by atoms with van der Waals surface area (Å²) in [6, 6.07) is 0. The van der Waals surface area contributed by atoms with Crippen molar-refractivity contribution in [3.05, 3.63) is 17.5 Å². The van der Waals surface area contributed by atoms with Gasteiger partial charge < -0.3 is 5.32 Å². The smallest absolute Gasteiger partial charge is 0.170 e. The van der Waals surface area contributed by atoms with Crippen LogP contribution in [0.4, 0.5) is 0 Å². The number of ketones is 1. The van der Waals surface area contributed by atoms with Crippen LogP contribution in [-0.4, -0.2) is 28.7 Å². The van der Waals surface area contributed by atoms with E-state index in [0.717, 1.165) is 30.8 Å². The van der Waals surface area contributed by atoms with E-state index in [1.54, 1.807) is 4.68 Å². The van der Waals surface area contributed by atoms with E-state index in [-0.39, 0.29) is 11.7 Å². The molecule has 0 aliphatic carbocycles. The largest absolute Gasteiger partial charge is 0.316 e. The molecule has 1 aliphatic heterocycles. The zero-order valence-corrected chi connectivity index (χ0v) is 8.58. The first-order valence-corrected chi connectivity index (χ1v) is 4.93. The van der Waals surface area contributed by atoms with Gasteiger partial charge in [0.2, 0.25) is 0 Å². The minimum Gasteiger partial charge on any atom is -0.316 e. The molecular formula is C10H15N3O. The molecule has 1 atom stereocenters. The highest BCUT2D eigenvalue weighted by Gasteiger charge is 2.25. The first-order chi connectivity index (χ1) is 6.68. The number of hydrogen-bond donors (Lipinski definition) is 1. The molecule has 2 rings (SSSR count). The number of carbonyl (C=O) groups is 1. The van der Waals surface area contributed by atoms with Crippen molar-refractivity contribution in [3.8, 4) is 0 Å². The Morgan fingerprint density at radius 3 is 3.00 bits per heavy atom. The average Bonchev–Trinajstić information content (AvgIpc) is 2.73. The number of aromatic nitrogens is 2. The molecule has 1 aromatic rings. The average molecular weight is 193 g/mol. The third-order valence-corrected chi connectivity index (χ3v) is 2.71. The van der Waals surface area contributed by atoms with Crippen molar-refractivity contribution in [2.45, 2.75) is 13.3 Å². The van der Waals surface area contributed by atoms with Crippen LogP contribution >= 0.6 is 0 Å². The molecule has 0 bridgehead atoms. The summed E-state index contributed by atoms with van der Waals surface area (Å²) in [5.41, 5.74) is 1.62. The minimum absolute atomic E-state index is 0.151. The first-order valence-electron chi connectivity index (χ1n) is 4.93. The van der Waals surface area contributed by atoms with Crippen LogP contribution in [0, 0.1) is 12.8 Å². The second-order valence-corrected chi connectivity index (χ2v) is 3.86. The number of Topliss-reactive ketones (excluding diaryl/α,β-unsaturated/α-hetero) is 1. The summed E-state index contributed by atoms with van der Waals surface area (Å²) in [7, 11) is 1.84. The molecular weight excluding hydrogens is 178 g/mol. The zero-order valence-electron chi connectivity index (χ0n) is 8.58. The fraction of sp³-hybridized carbons (Fsp3) is 0.600. The molecule has 1 saturated heterocycles. The lowest BCUT2D eigenvalue weighted by Crippen LogP contribution is -2.18. The van der Waals surface area contributed by atoms with Gasteiger partial charge >= 0.3 is 0 Å². The Balaban J connectivity index is 2.21. The van der Waals surface area contributed by atoms with Crippen LogP contribution in [0.3, 0.4) is 0 Å². The second-order valence-electron chi connectivity index (χ2n) is 3.86. The molecule has 2 heterocycles. The van der Waals surface area contributed by atoms with Crippen molar-refractivity contribution in [1.29, 1.82) is 0 Å². The SMILES string of the molecule is Cc1nn(C)cc1C(=O)C1CCNC1. The minimum atomic E-state index is 0.151. The molecule has 0 saturated carbocycles. The molecule has 4 nitrogen and oxygen atoms in total. The summed E-state index contributed by atoms with van der Waals surface area (Å²) < 4.78 is 1.70. The summed E-state index contributed by atoms with van der Waals surface area (Å²) >= 11 is 0. The number of nitrogens with zero attached hydrogens (tertiary/aromatic N) is 2. The van der Waals surface area contributed by atoms with Gasteiger partial charge in [0.25, 0.3) is 0 Å². The fourth-order valence-corrected chi connectivity index (χ4v) is 1.94. The van der Waals surface area contributed by atoms with E-state index in [1.807, 2.05) is 20.2 Å². The summed E-state index contributed by atoms with van der Waals surface area (Å²) in [5.74, 6) is 0.387. The number of nitrogens with one attached hydrogen (secondary N) is 1. The number of rotatable bonds is 2. The molecule has 1 aromatic heterocycles. The van der Waals surface area contributed by atoms with Crippen molar-refractivity contribution in [2.75, 3.05) is 13.1 Å². The van der Waals surface area contributed by atoms with Gasteiger partial charge in [0.1, 0.15) is 0 Å². The van der Waals surface area contributed by atoms with Crippen LogP contribution < -0.4 is 5.32 Å². The third-order valence-electron chi connectivity index (χ3n) is 2.71. The number of aryl methyl sites for hydroxylation is 2. The van der Waals surface area contributed by atoms with Crippen LogP contribution in [0.2, 0.25) is 0 Å². The quantitative estimate of drug-likeness (QED) is 0.697. The monoisotopic (exact) mass is 193 g/mol. The Morgan fingerprint density at radius 2 is 2.50 bits per heavy atom. The maximum Gasteiger partial charge on any atom is 0.170 e. The second kappa shape index (κ2) is 3.53. The van der Waals surface area contributed by atoms with Gasteiger partial charge in [-0.3, -0.25) is 9.48 Å². The van der Waals surface area contributed by atoms with Crippen molar-refractivity contribution < 1.29 is 4.79 Å². The Morgan fingerprint density at radius 1 is 1.71 bits per heavy atom. The molecule has 1 N–H and O–H groups in total. The highest BCUT2D eigenvalue weighted by Crippen LogP contribution is 2.17. The summed E-state index contributed by atoms with van der Waals surface area (Å²) in [6.07, 6.45) is 2.77. The van der Waals surface area contributed by atoms with Crippen LogP contribution in [0.5, 0.6) is 0 Å². The molecule has 0 aromatic carbocycles. The predicted molar refractivity (Wildman–Crippen MR) is 53.3 cm³/mol. The number of hydrogen-bond acceptors (Lipinski definition) is 3. The standard InChI is InChI=1S/C10H15N3O/c1-7-9(6-13(2)12-7)10(14)8-3-4-11-5-8/h6,8,11H,3-5H2,1-2H3. The van der Waals surface area contributed by atoms with E-state index < -0.39 is 0 Å². The van der Waals surface area contributed by atoms with Gasteiger partial charge in [-0.05, 0) is 19.9 Å². The maximum absolute atomic E-state index is 12.0. The summed E-state index contributed by atoms with van der Waals surface area (Å²) in [4.78, 5) is 12.0. The molecule has 76 valence electrons. The molecule has 1 fully saturated rings. The highest BCUT2D eigenvalue weighted by molar-refractivity contribution is 5.98. The Bertz CT molecular complexity index is 350. The van der Waals surface area contributed by atoms with Crippen LogP contribution in [0.1, 0.15) is 22.5 Å². The molecule has 0 spiro atoms. The lowest BCUT2D eigenvalue weighted by molar-refractivity contribution is 0.0929. The summed E-state index contributed by atoms with van der Waals surface area (Å²) in [5, 5.41) is 7.38. The summed E-state index contributed by atoms with van der Waals surface area (Å²) in [6.45, 7) is 3.65. The highest BCUT2D eigenvalue weighted by atomic mass is 16.1. The van der Waals surface area contributed by atoms with Gasteiger partial charge in [-0.1, -0.05) is 0 Å². The van der Waals surface area contributed by atoms with Crippen molar-refractivity contribution >= 4 is 5.78 Å². The molecule has 1 unspecified atom stereocenters. The molecule has 0 amide bonds. The fourth-order valence-electron chi connectivity index (χ4n) is 1.94. The van der Waals surface area contributed by atoms with E-state index >= 15 is 0 Å². The Hall–Kier alpha value is -1.16. The predicted octanol–water partition coefficient (Wildman–Crippen LogP) is 0.521. The maximum atomic E-state index is 12.0.